The van der Waals surface area contributed by atoms with E-state index in [2.05, 4.69) is 5.32 Å². The maximum absolute atomic E-state index is 11.4. The Morgan fingerprint density at radius 2 is 2.17 bits per heavy atom. The van der Waals surface area contributed by atoms with Crippen LogP contribution in [-0.4, -0.2) is 41.7 Å². The van der Waals surface area contributed by atoms with Crippen LogP contribution in [0.4, 0.5) is 0 Å². The Balaban J connectivity index is 2.13. The van der Waals surface area contributed by atoms with Gasteiger partial charge in [-0.3, -0.25) is 9.69 Å². The van der Waals surface area contributed by atoms with Crippen LogP contribution in [-0.2, 0) is 9.36 Å². The van der Waals surface area contributed by atoms with E-state index < -0.39 is 20.5 Å². The lowest BCUT2D eigenvalue weighted by molar-refractivity contribution is -0.140. The summed E-state index contributed by atoms with van der Waals surface area (Å²) in [5, 5.41) is 12.0. The zero-order chi connectivity index (χ0) is 13.0. The van der Waals surface area contributed by atoms with Gasteiger partial charge in [-0.1, -0.05) is 34.9 Å². The van der Waals surface area contributed by atoms with Gasteiger partial charge in [0, 0.05) is 25.2 Å². The number of nitrogens with zero attached hydrogens (tertiary/aromatic N) is 1. The van der Waals surface area contributed by atoms with Crippen molar-refractivity contribution in [3.8, 4) is 0 Å². The molecule has 3 atom stereocenters. The number of aliphatic carboxylic acids is 1. The lowest BCUT2D eigenvalue weighted by Gasteiger charge is -2.32. The van der Waals surface area contributed by atoms with Gasteiger partial charge in [0.25, 0.3) is 0 Å². The van der Waals surface area contributed by atoms with E-state index in [-0.39, 0.29) is 5.78 Å². The number of rotatable bonds is 4. The summed E-state index contributed by atoms with van der Waals surface area (Å²) in [5.74, 6) is -1.07. The fourth-order valence-electron chi connectivity index (χ4n) is 2.16. The minimum atomic E-state index is -0.860. The second-order valence-electron chi connectivity index (χ2n) is 4.27. The van der Waals surface area contributed by atoms with Crippen LogP contribution in [0.1, 0.15) is 11.3 Å². The maximum Gasteiger partial charge on any atom is 0.348 e. The molecule has 18 heavy (non-hydrogen) atoms. The number of piperazine rings is 1. The van der Waals surface area contributed by atoms with Gasteiger partial charge in [0.15, 0.2) is 0 Å². The predicted octanol–water partition coefficient (Wildman–Crippen LogP) is 1.07. The molecule has 0 aliphatic carbocycles. The number of carboxylic acid groups (broad SMARTS) is 1. The summed E-state index contributed by atoms with van der Waals surface area (Å²) in [5.41, 5.74) is 0.969. The number of nitrogens with one attached hydrogen (secondary N) is 1. The van der Waals surface area contributed by atoms with Gasteiger partial charge in [-0.15, -0.1) is 0 Å². The van der Waals surface area contributed by atoms with Gasteiger partial charge in [0.05, 0.1) is 0 Å². The van der Waals surface area contributed by atoms with E-state index in [1.54, 1.807) is 0 Å². The highest BCUT2D eigenvalue weighted by Crippen LogP contribution is 2.31. The first kappa shape index (κ1) is 13.1. The zero-order valence-electron chi connectivity index (χ0n) is 9.87. The first-order chi connectivity index (χ1) is 8.72. The average Bonchev–Trinajstić information content (AvgIpc) is 2.41. The Morgan fingerprint density at radius 3 is 2.78 bits per heavy atom. The van der Waals surface area contributed by atoms with Gasteiger partial charge in [0.2, 0.25) is 5.78 Å². The Labute approximate surface area is 107 Å². The predicted molar refractivity (Wildman–Crippen MR) is 69.2 cm³/mol. The molecule has 2 rings (SSSR count). The number of hydrogen-bond acceptors (Lipinski definition) is 4. The molecule has 0 radical (unpaired) electrons. The average molecular weight is 267 g/mol. The third-order valence-electron chi connectivity index (χ3n) is 3.10. The first-order valence-electron chi connectivity index (χ1n) is 5.85. The van der Waals surface area contributed by atoms with Crippen LogP contribution in [0.15, 0.2) is 30.3 Å². The van der Waals surface area contributed by atoms with Gasteiger partial charge in [-0.25, -0.2) is 0 Å². The third-order valence-corrected chi connectivity index (χ3v) is 4.02. The van der Waals surface area contributed by atoms with E-state index >= 15 is 0 Å². The summed E-state index contributed by atoms with van der Waals surface area (Å²) in [6.45, 7) is 1.69. The monoisotopic (exact) mass is 267 g/mol. The highest BCUT2D eigenvalue weighted by molar-refractivity contribution is 7.24. The first-order valence-corrected chi connectivity index (χ1v) is 6.84. The van der Waals surface area contributed by atoms with Gasteiger partial charge in [-0.2, -0.15) is 0 Å². The number of benzene rings is 1. The van der Waals surface area contributed by atoms with E-state index in [1.165, 1.54) is 0 Å². The molecule has 0 amide bonds. The van der Waals surface area contributed by atoms with Gasteiger partial charge in [-0.05, 0) is 0 Å². The van der Waals surface area contributed by atoms with Crippen LogP contribution >= 0.6 is 8.46 Å². The van der Waals surface area contributed by atoms with Crippen molar-refractivity contribution in [2.45, 2.75) is 11.8 Å². The van der Waals surface area contributed by atoms with E-state index in [0.29, 0.717) is 19.6 Å². The molecule has 1 fully saturated rings. The Bertz CT molecular complexity index is 427. The standard InChI is InChI=1S/C12H15N2O3P/c15-12(16)10-8-14(7-6-13-10)11(18-17)9-4-2-1-3-5-9/h1-5,10-11,13H,6-8H2,(H,15,16)/p+1. The molecule has 1 aromatic carbocycles. The molecular formula is C12H16N2O3P+. The zero-order valence-corrected chi connectivity index (χ0v) is 10.9. The molecule has 1 heterocycles. The quantitative estimate of drug-likeness (QED) is 0.798. The molecule has 5 nitrogen and oxygen atoms in total. The Hall–Kier alpha value is -1.29. The molecule has 6 heteroatoms. The van der Waals surface area contributed by atoms with Crippen LogP contribution in [0.5, 0.6) is 0 Å². The van der Waals surface area contributed by atoms with E-state index in [4.69, 9.17) is 5.11 Å². The molecule has 2 N–H and O–H groups in total. The summed E-state index contributed by atoms with van der Waals surface area (Å²) in [6, 6.07) is 8.98. The minimum Gasteiger partial charge on any atom is -0.480 e. The normalized spacial score (nSPS) is 22.8. The smallest absolute Gasteiger partial charge is 0.348 e. The van der Waals surface area contributed by atoms with Crippen molar-refractivity contribution in [3.63, 3.8) is 0 Å². The van der Waals surface area contributed by atoms with Crippen molar-refractivity contribution in [2.24, 2.45) is 0 Å². The Kier molecular flexibility index (Phi) is 4.42. The van der Waals surface area contributed by atoms with Crippen LogP contribution in [0, 0.1) is 0 Å². The SMILES string of the molecule is O=[PH+]C(c1ccccc1)N1CCNC(C(=O)O)C1. The molecule has 0 spiro atoms. The highest BCUT2D eigenvalue weighted by atomic mass is 31.1. The molecule has 1 saturated heterocycles. The molecule has 3 unspecified atom stereocenters. The summed E-state index contributed by atoms with van der Waals surface area (Å²) in [6.07, 6.45) is 0. The molecular weight excluding hydrogens is 251 g/mol. The van der Waals surface area contributed by atoms with Crippen molar-refractivity contribution in [2.75, 3.05) is 19.6 Å². The second-order valence-corrected chi connectivity index (χ2v) is 5.05. The minimum absolute atomic E-state index is 0.213. The molecule has 96 valence electrons. The van der Waals surface area contributed by atoms with Crippen molar-refractivity contribution in [1.82, 2.24) is 10.2 Å². The number of carboxylic acids is 1. The number of hydrogen-bond donors (Lipinski definition) is 2. The van der Waals surface area contributed by atoms with Crippen LogP contribution < -0.4 is 5.32 Å². The molecule has 0 aromatic heterocycles. The third kappa shape index (κ3) is 2.93. The van der Waals surface area contributed by atoms with Crippen LogP contribution in [0.25, 0.3) is 0 Å². The van der Waals surface area contributed by atoms with Crippen LogP contribution in [0.2, 0.25) is 0 Å². The molecule has 0 saturated carbocycles. The molecule has 1 aliphatic heterocycles. The van der Waals surface area contributed by atoms with Gasteiger partial charge in [0.1, 0.15) is 6.04 Å². The lowest BCUT2D eigenvalue weighted by atomic mass is 10.1. The van der Waals surface area contributed by atoms with Crippen molar-refractivity contribution < 1.29 is 14.5 Å². The van der Waals surface area contributed by atoms with E-state index in [0.717, 1.165) is 5.56 Å². The van der Waals surface area contributed by atoms with Gasteiger partial charge >= 0.3 is 14.4 Å². The van der Waals surface area contributed by atoms with Crippen molar-refractivity contribution in [3.05, 3.63) is 35.9 Å². The Morgan fingerprint density at radius 1 is 1.44 bits per heavy atom. The second kappa shape index (κ2) is 6.05. The highest BCUT2D eigenvalue weighted by Gasteiger charge is 2.33. The summed E-state index contributed by atoms with van der Waals surface area (Å²) in [7, 11) is -0.504. The van der Waals surface area contributed by atoms with E-state index in [1.807, 2.05) is 35.2 Å². The largest absolute Gasteiger partial charge is 0.480 e. The fourth-order valence-corrected chi connectivity index (χ4v) is 2.87. The molecule has 1 aliphatic rings. The topological polar surface area (TPSA) is 69.6 Å². The molecule has 0 bridgehead atoms. The van der Waals surface area contributed by atoms with Gasteiger partial charge < -0.3 is 10.4 Å². The van der Waals surface area contributed by atoms with Crippen molar-refractivity contribution >= 4 is 14.4 Å². The summed E-state index contributed by atoms with van der Waals surface area (Å²) < 4.78 is 11.4. The van der Waals surface area contributed by atoms with E-state index in [9.17, 15) is 9.36 Å². The molecule has 1 aromatic rings. The maximum atomic E-state index is 11.4. The summed E-state index contributed by atoms with van der Waals surface area (Å²) >= 11 is 0. The lowest BCUT2D eigenvalue weighted by Crippen LogP contribution is -2.54. The van der Waals surface area contributed by atoms with Crippen LogP contribution in [0.3, 0.4) is 0 Å². The number of carbonyl (C=O) groups is 1. The fraction of sp³-hybridized carbons (Fsp3) is 0.417. The van der Waals surface area contributed by atoms with Crippen molar-refractivity contribution in [1.29, 1.82) is 0 Å². The summed E-state index contributed by atoms with van der Waals surface area (Å²) in [4.78, 5) is 13.0.